The molecule has 0 amide bonds. The number of rotatable bonds is 14. The molecule has 1 aromatic heterocycles. The van der Waals surface area contributed by atoms with E-state index in [2.05, 4.69) is 4.90 Å². The first-order valence-corrected chi connectivity index (χ1v) is 10.8. The van der Waals surface area contributed by atoms with Crippen LogP contribution < -0.4 is 10.5 Å². The summed E-state index contributed by atoms with van der Waals surface area (Å²) < 4.78 is 20.5. The minimum absolute atomic E-state index is 0.00356. The molecule has 0 aliphatic rings. The lowest BCUT2D eigenvalue weighted by molar-refractivity contribution is -0.145. The molecule has 2 rings (SSSR count). The number of aliphatic carboxylic acids is 1. The standard InChI is InChI=1S/C23H29NO9/c1-3-24(4-2)17-9-8-16-14-18(23(29)33-19(16)15-17)22(28)32-13-11-30-10-12-31-21(27)7-5-6-20(25)26/h8-9,14-15H,3-7,10-13H2,1-2H3,(H,25,26). The van der Waals surface area contributed by atoms with Gasteiger partial charge in [-0.3, -0.25) is 9.59 Å². The highest BCUT2D eigenvalue weighted by Gasteiger charge is 2.16. The van der Waals surface area contributed by atoms with E-state index < -0.39 is 23.5 Å². The molecule has 0 unspecified atom stereocenters. The second-order valence-electron chi connectivity index (χ2n) is 7.06. The van der Waals surface area contributed by atoms with Crippen LogP contribution in [0, 0.1) is 0 Å². The summed E-state index contributed by atoms with van der Waals surface area (Å²) in [5.74, 6) is -2.28. The molecule has 0 aliphatic carbocycles. The van der Waals surface area contributed by atoms with E-state index in [1.807, 2.05) is 19.9 Å². The number of hydrogen-bond acceptors (Lipinski definition) is 9. The fourth-order valence-corrected chi connectivity index (χ4v) is 3.07. The van der Waals surface area contributed by atoms with Crippen LogP contribution in [0.15, 0.2) is 33.5 Å². The van der Waals surface area contributed by atoms with Crippen LogP contribution in [0.5, 0.6) is 0 Å². The van der Waals surface area contributed by atoms with Gasteiger partial charge in [-0.05, 0) is 38.5 Å². The molecule has 0 radical (unpaired) electrons. The summed E-state index contributed by atoms with van der Waals surface area (Å²) in [4.78, 5) is 48.4. The first-order chi connectivity index (χ1) is 15.8. The zero-order valence-corrected chi connectivity index (χ0v) is 18.8. The van der Waals surface area contributed by atoms with Gasteiger partial charge in [0.05, 0.1) is 13.2 Å². The Labute approximate surface area is 191 Å². The van der Waals surface area contributed by atoms with E-state index in [9.17, 15) is 19.2 Å². The van der Waals surface area contributed by atoms with Crippen molar-refractivity contribution in [2.24, 2.45) is 0 Å². The second-order valence-corrected chi connectivity index (χ2v) is 7.06. The molecule has 1 heterocycles. The lowest BCUT2D eigenvalue weighted by Crippen LogP contribution is -2.22. The molecule has 0 saturated heterocycles. The predicted molar refractivity (Wildman–Crippen MR) is 120 cm³/mol. The Morgan fingerprint density at radius 2 is 1.67 bits per heavy atom. The van der Waals surface area contributed by atoms with Crippen molar-refractivity contribution < 1.29 is 38.1 Å². The largest absolute Gasteiger partial charge is 0.481 e. The molecule has 0 aliphatic heterocycles. The summed E-state index contributed by atoms with van der Waals surface area (Å²) >= 11 is 0. The summed E-state index contributed by atoms with van der Waals surface area (Å²) in [7, 11) is 0. The average molecular weight is 463 g/mol. The van der Waals surface area contributed by atoms with Crippen LogP contribution >= 0.6 is 0 Å². The number of ether oxygens (including phenoxy) is 3. The van der Waals surface area contributed by atoms with Crippen LogP contribution in [-0.2, 0) is 23.8 Å². The van der Waals surface area contributed by atoms with E-state index in [0.717, 1.165) is 18.8 Å². The Hall–Kier alpha value is -3.40. The van der Waals surface area contributed by atoms with Gasteiger partial charge >= 0.3 is 23.5 Å². The number of carboxylic acid groups (broad SMARTS) is 1. The van der Waals surface area contributed by atoms with Gasteiger partial charge in [0.15, 0.2) is 0 Å². The number of fused-ring (bicyclic) bond motifs is 1. The molecule has 2 aromatic rings. The number of carboxylic acids is 1. The van der Waals surface area contributed by atoms with Crippen LogP contribution in [0.25, 0.3) is 11.0 Å². The SMILES string of the molecule is CCN(CC)c1ccc2cc(C(=O)OCCOCCOC(=O)CCCC(=O)O)c(=O)oc2c1. The smallest absolute Gasteiger partial charge is 0.351 e. The van der Waals surface area contributed by atoms with E-state index in [1.165, 1.54) is 6.07 Å². The Kier molecular flexibility index (Phi) is 10.4. The molecule has 33 heavy (non-hydrogen) atoms. The van der Waals surface area contributed by atoms with Gasteiger partial charge in [0, 0.05) is 43.1 Å². The molecular formula is C23H29NO9. The summed E-state index contributed by atoms with van der Waals surface area (Å²) in [5.41, 5.74) is 0.337. The maximum Gasteiger partial charge on any atom is 0.351 e. The van der Waals surface area contributed by atoms with Crippen LogP contribution in [0.4, 0.5) is 5.69 Å². The molecule has 0 spiro atoms. The van der Waals surface area contributed by atoms with E-state index in [4.69, 9.17) is 23.7 Å². The zero-order chi connectivity index (χ0) is 24.2. The number of nitrogens with zero attached hydrogens (tertiary/aromatic N) is 1. The minimum atomic E-state index is -0.966. The zero-order valence-electron chi connectivity index (χ0n) is 18.8. The minimum Gasteiger partial charge on any atom is -0.481 e. The van der Waals surface area contributed by atoms with Gasteiger partial charge in [0.2, 0.25) is 0 Å². The highest BCUT2D eigenvalue weighted by atomic mass is 16.6. The molecule has 0 saturated carbocycles. The predicted octanol–water partition coefficient (Wildman–Crippen LogP) is 2.61. The number of esters is 2. The molecule has 1 aromatic carbocycles. The number of hydrogen-bond donors (Lipinski definition) is 1. The summed E-state index contributed by atoms with van der Waals surface area (Å²) in [5, 5.41) is 9.12. The Morgan fingerprint density at radius 3 is 2.33 bits per heavy atom. The van der Waals surface area contributed by atoms with Crippen molar-refractivity contribution in [3.63, 3.8) is 0 Å². The average Bonchev–Trinajstić information content (AvgIpc) is 2.78. The van der Waals surface area contributed by atoms with Crippen LogP contribution in [0.3, 0.4) is 0 Å². The van der Waals surface area contributed by atoms with E-state index in [-0.39, 0.29) is 51.3 Å². The van der Waals surface area contributed by atoms with Crippen molar-refractivity contribution in [2.45, 2.75) is 33.1 Å². The lowest BCUT2D eigenvalue weighted by Gasteiger charge is -2.20. The normalized spacial score (nSPS) is 10.7. The molecule has 0 atom stereocenters. The number of benzene rings is 1. The topological polar surface area (TPSA) is 133 Å². The second kappa shape index (κ2) is 13.2. The molecule has 10 heteroatoms. The number of carbonyl (C=O) groups is 3. The summed E-state index contributed by atoms with van der Waals surface area (Å²) in [6, 6.07) is 6.90. The van der Waals surface area contributed by atoms with Crippen molar-refractivity contribution in [3.8, 4) is 0 Å². The van der Waals surface area contributed by atoms with Crippen LogP contribution in [-0.4, -0.2) is 62.5 Å². The fourth-order valence-electron chi connectivity index (χ4n) is 3.07. The van der Waals surface area contributed by atoms with Gasteiger partial charge in [-0.15, -0.1) is 0 Å². The summed E-state index contributed by atoms with van der Waals surface area (Å²) in [6.07, 6.45) is 0.143. The molecule has 10 nitrogen and oxygen atoms in total. The van der Waals surface area contributed by atoms with Gasteiger partial charge < -0.3 is 28.6 Å². The molecule has 0 bridgehead atoms. The lowest BCUT2D eigenvalue weighted by atomic mass is 10.1. The van der Waals surface area contributed by atoms with E-state index in [0.29, 0.717) is 11.0 Å². The Morgan fingerprint density at radius 1 is 0.970 bits per heavy atom. The van der Waals surface area contributed by atoms with Crippen molar-refractivity contribution in [1.82, 2.24) is 0 Å². The fraction of sp³-hybridized carbons (Fsp3) is 0.478. The number of carbonyl (C=O) groups excluding carboxylic acids is 2. The molecule has 1 N–H and O–H groups in total. The van der Waals surface area contributed by atoms with Gasteiger partial charge in [0.25, 0.3) is 0 Å². The first kappa shape index (κ1) is 25.9. The van der Waals surface area contributed by atoms with E-state index >= 15 is 0 Å². The van der Waals surface area contributed by atoms with Crippen molar-refractivity contribution in [1.29, 1.82) is 0 Å². The maximum absolute atomic E-state index is 12.3. The van der Waals surface area contributed by atoms with Crippen molar-refractivity contribution >= 4 is 34.6 Å². The van der Waals surface area contributed by atoms with Gasteiger partial charge in [-0.25, -0.2) is 9.59 Å². The highest BCUT2D eigenvalue weighted by Crippen LogP contribution is 2.22. The van der Waals surface area contributed by atoms with Gasteiger partial charge in [-0.2, -0.15) is 0 Å². The van der Waals surface area contributed by atoms with Crippen molar-refractivity contribution in [3.05, 3.63) is 40.2 Å². The first-order valence-electron chi connectivity index (χ1n) is 10.8. The third kappa shape index (κ3) is 8.23. The number of anilines is 1. The van der Waals surface area contributed by atoms with E-state index in [1.54, 1.807) is 12.1 Å². The van der Waals surface area contributed by atoms with Gasteiger partial charge in [-0.1, -0.05) is 0 Å². The van der Waals surface area contributed by atoms with Crippen LogP contribution in [0.1, 0.15) is 43.5 Å². The van der Waals surface area contributed by atoms with Crippen LogP contribution in [0.2, 0.25) is 0 Å². The maximum atomic E-state index is 12.3. The molecule has 180 valence electrons. The Bertz CT molecular complexity index is 1010. The van der Waals surface area contributed by atoms with Gasteiger partial charge in [0.1, 0.15) is 24.4 Å². The third-order valence-corrected chi connectivity index (χ3v) is 4.79. The molecule has 0 fully saturated rings. The quantitative estimate of drug-likeness (QED) is 0.253. The van der Waals surface area contributed by atoms with Crippen molar-refractivity contribution in [2.75, 3.05) is 44.4 Å². The molecular weight excluding hydrogens is 434 g/mol. The highest BCUT2D eigenvalue weighted by molar-refractivity contribution is 5.93. The monoisotopic (exact) mass is 463 g/mol. The third-order valence-electron chi connectivity index (χ3n) is 4.79. The summed E-state index contributed by atoms with van der Waals surface area (Å²) in [6.45, 7) is 5.74. The Balaban J connectivity index is 1.76.